The van der Waals surface area contributed by atoms with E-state index in [0.717, 1.165) is 11.0 Å². The molecule has 0 spiro atoms. The standard InChI is InChI=1S/C15H11BO/c16-14-9-6-12(7-10-14)8-11-15(17)13-4-2-1-3-5-13/h1-11H/b11-8+. The third kappa shape index (κ3) is 3.18. The number of hydrogen-bond acceptors (Lipinski definition) is 1. The topological polar surface area (TPSA) is 17.1 Å². The second kappa shape index (κ2) is 5.31. The highest BCUT2D eigenvalue weighted by atomic mass is 16.1. The van der Waals surface area contributed by atoms with Crippen LogP contribution in [-0.2, 0) is 0 Å². The van der Waals surface area contributed by atoms with Crippen LogP contribution in [0.2, 0.25) is 0 Å². The van der Waals surface area contributed by atoms with Crippen LogP contribution in [0.15, 0.2) is 60.7 Å². The van der Waals surface area contributed by atoms with Gasteiger partial charge >= 0.3 is 0 Å². The summed E-state index contributed by atoms with van der Waals surface area (Å²) in [5, 5.41) is 0. The van der Waals surface area contributed by atoms with E-state index in [0.29, 0.717) is 5.56 Å². The van der Waals surface area contributed by atoms with Gasteiger partial charge in [0.25, 0.3) is 0 Å². The summed E-state index contributed by atoms with van der Waals surface area (Å²) in [4.78, 5) is 11.8. The van der Waals surface area contributed by atoms with Crippen molar-refractivity contribution >= 4 is 25.2 Å². The van der Waals surface area contributed by atoms with Gasteiger partial charge in [-0.1, -0.05) is 66.1 Å². The van der Waals surface area contributed by atoms with Crippen molar-refractivity contribution in [2.45, 2.75) is 0 Å². The van der Waals surface area contributed by atoms with Crippen molar-refractivity contribution in [2.24, 2.45) is 0 Å². The van der Waals surface area contributed by atoms with Crippen LogP contribution in [0.1, 0.15) is 15.9 Å². The van der Waals surface area contributed by atoms with Gasteiger partial charge in [0.1, 0.15) is 7.85 Å². The van der Waals surface area contributed by atoms with Crippen molar-refractivity contribution < 1.29 is 4.79 Å². The Morgan fingerprint density at radius 2 is 1.59 bits per heavy atom. The fourth-order valence-corrected chi connectivity index (χ4v) is 1.48. The fraction of sp³-hybridized carbons (Fsp3) is 0. The van der Waals surface area contributed by atoms with E-state index >= 15 is 0 Å². The molecule has 0 aliphatic carbocycles. The molecular weight excluding hydrogens is 207 g/mol. The molecule has 0 atom stereocenters. The van der Waals surface area contributed by atoms with Crippen LogP contribution >= 0.6 is 0 Å². The molecule has 2 heteroatoms. The van der Waals surface area contributed by atoms with Gasteiger partial charge in [-0.15, -0.1) is 0 Å². The van der Waals surface area contributed by atoms with Crippen LogP contribution in [0.4, 0.5) is 0 Å². The quantitative estimate of drug-likeness (QED) is 0.439. The Morgan fingerprint density at radius 3 is 2.24 bits per heavy atom. The van der Waals surface area contributed by atoms with E-state index in [-0.39, 0.29) is 5.78 Å². The monoisotopic (exact) mass is 218 g/mol. The first-order valence-electron chi connectivity index (χ1n) is 5.39. The zero-order valence-corrected chi connectivity index (χ0v) is 9.34. The lowest BCUT2D eigenvalue weighted by Crippen LogP contribution is -1.99. The second-order valence-electron chi connectivity index (χ2n) is 3.73. The molecule has 0 N–H and O–H groups in total. The first kappa shape index (κ1) is 11.4. The van der Waals surface area contributed by atoms with Gasteiger partial charge in [-0.2, -0.15) is 0 Å². The lowest BCUT2D eigenvalue weighted by molar-refractivity contribution is 0.104. The number of allylic oxidation sites excluding steroid dienone is 1. The molecule has 0 heterocycles. The molecule has 2 aromatic carbocycles. The summed E-state index contributed by atoms with van der Waals surface area (Å²) in [6, 6.07) is 16.6. The van der Waals surface area contributed by atoms with E-state index in [4.69, 9.17) is 7.85 Å². The maximum absolute atomic E-state index is 11.8. The Hall–Kier alpha value is -2.09. The molecular formula is C15H11BO. The van der Waals surface area contributed by atoms with E-state index in [1.165, 1.54) is 0 Å². The van der Waals surface area contributed by atoms with Gasteiger partial charge in [0.2, 0.25) is 0 Å². The molecule has 0 aliphatic rings. The molecule has 0 aromatic heterocycles. The fourth-order valence-electron chi connectivity index (χ4n) is 1.48. The van der Waals surface area contributed by atoms with Gasteiger partial charge in [0.15, 0.2) is 5.78 Å². The molecule has 2 aromatic rings. The van der Waals surface area contributed by atoms with Gasteiger partial charge in [-0.3, -0.25) is 4.79 Å². The zero-order chi connectivity index (χ0) is 12.1. The van der Waals surface area contributed by atoms with E-state index in [2.05, 4.69) is 0 Å². The van der Waals surface area contributed by atoms with Crippen molar-refractivity contribution in [1.29, 1.82) is 0 Å². The van der Waals surface area contributed by atoms with Crippen LogP contribution in [-0.4, -0.2) is 13.6 Å². The van der Waals surface area contributed by atoms with Crippen LogP contribution in [0.25, 0.3) is 6.08 Å². The summed E-state index contributed by atoms with van der Waals surface area (Å²) in [5.41, 5.74) is 2.37. The van der Waals surface area contributed by atoms with Crippen LogP contribution in [0.5, 0.6) is 0 Å². The lowest BCUT2D eigenvalue weighted by atomic mass is 9.95. The SMILES string of the molecule is [B]c1ccc(/C=C/C(=O)c2ccccc2)cc1. The first-order chi connectivity index (χ1) is 8.25. The molecule has 0 aliphatic heterocycles. The van der Waals surface area contributed by atoms with Crippen LogP contribution < -0.4 is 5.46 Å². The van der Waals surface area contributed by atoms with Crippen molar-refractivity contribution in [3.8, 4) is 0 Å². The largest absolute Gasteiger partial charge is 0.289 e. The highest BCUT2D eigenvalue weighted by Gasteiger charge is 1.98. The van der Waals surface area contributed by atoms with Crippen molar-refractivity contribution in [2.75, 3.05) is 0 Å². The number of carbonyl (C=O) groups excluding carboxylic acids is 1. The number of hydrogen-bond donors (Lipinski definition) is 0. The van der Waals surface area contributed by atoms with Gasteiger partial charge in [-0.05, 0) is 11.6 Å². The van der Waals surface area contributed by atoms with Gasteiger partial charge in [0.05, 0.1) is 0 Å². The molecule has 0 fully saturated rings. The Kier molecular flexibility index (Phi) is 3.56. The molecule has 0 unspecified atom stereocenters. The highest BCUT2D eigenvalue weighted by Crippen LogP contribution is 2.04. The van der Waals surface area contributed by atoms with Crippen molar-refractivity contribution in [1.82, 2.24) is 0 Å². The summed E-state index contributed by atoms with van der Waals surface area (Å²) in [6.07, 6.45) is 3.36. The maximum atomic E-state index is 11.8. The molecule has 0 saturated heterocycles. The second-order valence-corrected chi connectivity index (χ2v) is 3.73. The summed E-state index contributed by atoms with van der Waals surface area (Å²) in [5.74, 6) is 0.00225. The smallest absolute Gasteiger partial charge is 0.185 e. The molecule has 0 bridgehead atoms. The summed E-state index contributed by atoms with van der Waals surface area (Å²) >= 11 is 0. The maximum Gasteiger partial charge on any atom is 0.185 e. The van der Waals surface area contributed by atoms with Crippen LogP contribution in [0.3, 0.4) is 0 Å². The minimum absolute atomic E-state index is 0.00225. The highest BCUT2D eigenvalue weighted by molar-refractivity contribution is 6.32. The molecule has 17 heavy (non-hydrogen) atoms. The minimum Gasteiger partial charge on any atom is -0.289 e. The Bertz CT molecular complexity index is 527. The van der Waals surface area contributed by atoms with Crippen molar-refractivity contribution in [3.05, 3.63) is 71.8 Å². The number of benzene rings is 2. The van der Waals surface area contributed by atoms with E-state index in [1.807, 2.05) is 42.5 Å². The van der Waals surface area contributed by atoms with Crippen LogP contribution in [0, 0.1) is 0 Å². The predicted octanol–water partition coefficient (Wildman–Crippen LogP) is 2.38. The summed E-state index contributed by atoms with van der Waals surface area (Å²) in [6.45, 7) is 0. The van der Waals surface area contributed by atoms with E-state index in [1.54, 1.807) is 24.3 Å². The summed E-state index contributed by atoms with van der Waals surface area (Å²) in [7, 11) is 5.58. The molecule has 80 valence electrons. The Labute approximate surface area is 102 Å². The van der Waals surface area contributed by atoms with Gasteiger partial charge in [-0.25, -0.2) is 0 Å². The minimum atomic E-state index is 0.00225. The third-order valence-corrected chi connectivity index (χ3v) is 2.42. The third-order valence-electron chi connectivity index (χ3n) is 2.42. The average Bonchev–Trinajstić information content (AvgIpc) is 2.39. The average molecular weight is 218 g/mol. The van der Waals surface area contributed by atoms with Gasteiger partial charge < -0.3 is 0 Å². The predicted molar refractivity (Wildman–Crippen MR) is 71.6 cm³/mol. The number of ketones is 1. The first-order valence-corrected chi connectivity index (χ1v) is 5.39. The lowest BCUT2D eigenvalue weighted by Gasteiger charge is -1.96. The Balaban J connectivity index is 2.11. The normalized spacial score (nSPS) is 10.6. The molecule has 2 rings (SSSR count). The molecule has 0 saturated carbocycles. The number of rotatable bonds is 3. The van der Waals surface area contributed by atoms with E-state index < -0.39 is 0 Å². The van der Waals surface area contributed by atoms with E-state index in [9.17, 15) is 4.79 Å². The van der Waals surface area contributed by atoms with Crippen molar-refractivity contribution in [3.63, 3.8) is 0 Å². The molecule has 1 nitrogen and oxygen atoms in total. The zero-order valence-electron chi connectivity index (χ0n) is 9.34. The molecule has 0 amide bonds. The molecule has 2 radical (unpaired) electrons. The van der Waals surface area contributed by atoms with Gasteiger partial charge in [0, 0.05) is 5.56 Å². The number of carbonyl (C=O) groups is 1. The summed E-state index contributed by atoms with van der Waals surface area (Å²) < 4.78 is 0. The Morgan fingerprint density at radius 1 is 0.941 bits per heavy atom.